The van der Waals surface area contributed by atoms with Gasteiger partial charge in [0.2, 0.25) is 59.1 Å². The van der Waals surface area contributed by atoms with Crippen molar-refractivity contribution in [1.29, 1.82) is 0 Å². The molecule has 4 heterocycles. The Labute approximate surface area is 480 Å². The van der Waals surface area contributed by atoms with Crippen molar-refractivity contribution in [2.24, 2.45) is 27.9 Å². The van der Waals surface area contributed by atoms with Crippen molar-refractivity contribution in [1.82, 2.24) is 67.0 Å². The first-order valence-corrected chi connectivity index (χ1v) is 26.9. The predicted octanol–water partition coefficient (Wildman–Crippen LogP) is -8.36. The minimum Gasteiger partial charge on any atom is -0.481 e. The minimum atomic E-state index is -1.92. The first-order valence-electron chi connectivity index (χ1n) is 26.9. The van der Waals surface area contributed by atoms with Crippen LogP contribution < -0.4 is 60.2 Å². The number of nitrogens with two attached hydrogens (primary N) is 4. The van der Waals surface area contributed by atoms with Crippen LogP contribution in [0.5, 0.6) is 0 Å². The largest absolute Gasteiger partial charge is 0.481 e. The van der Waals surface area contributed by atoms with Crippen LogP contribution >= 0.6 is 0 Å². The van der Waals surface area contributed by atoms with Crippen LogP contribution in [-0.4, -0.2) is 231 Å². The molecule has 2 saturated heterocycles. The van der Waals surface area contributed by atoms with Gasteiger partial charge in [0, 0.05) is 62.7 Å². The summed E-state index contributed by atoms with van der Waals surface area (Å²) in [5.41, 5.74) is 22.9. The van der Waals surface area contributed by atoms with E-state index in [9.17, 15) is 78.0 Å². The van der Waals surface area contributed by atoms with Gasteiger partial charge in [0.15, 0.2) is 5.96 Å². The zero-order valence-electron chi connectivity index (χ0n) is 46.4. The number of aliphatic imine (C=N–C) groups is 1. The van der Waals surface area contributed by atoms with E-state index in [0.29, 0.717) is 12.1 Å². The van der Waals surface area contributed by atoms with Crippen molar-refractivity contribution >= 4 is 77.0 Å². The van der Waals surface area contributed by atoms with E-state index >= 15 is 0 Å². The summed E-state index contributed by atoms with van der Waals surface area (Å²) in [5.74, 6) is -13.5. The standard InChI is InChI=1S/C49H76N18O17/c1-22(68)36(51)46(81)66-13-5-8-32(66)44(79)62-30(16-26-19-55-21-58-26)42(77)64-37(23(2)69)45(80)63-29(15-25-18-54-20-57-25)40(75)61-31(17-34(50)71)41(76)59-27(7-4-12-56-49(52)53)39(74)65-38(24(3)70)47(82)67-14-6-9-33(67)43(78)60-28(48(83)84)10-11-35(72)73/h18-24,27-33,36-38,68-70H,4-17,51H2,1-3H3,(H2,50,71)(H,54,57)(H,55,58)(H,59,76)(H,60,78)(H,61,75)(H,62,79)(H,63,80)(H,64,77)(H,65,74)(H,72,73)(H,83,84)(H4,52,53,56)/t22-,23-,24-,27+,28+,29+,30+,31+,32+,33+,36+,37+,38+/m1/s1. The molecule has 4 rings (SSSR count). The van der Waals surface area contributed by atoms with Gasteiger partial charge in [-0.15, -0.1) is 0 Å². The van der Waals surface area contributed by atoms with Crippen molar-refractivity contribution in [3.05, 3.63) is 36.4 Å². The number of aromatic nitrogens is 4. The number of hydrogen-bond acceptors (Lipinski definition) is 19. The lowest BCUT2D eigenvalue weighted by Crippen LogP contribution is -2.63. The van der Waals surface area contributed by atoms with Crippen molar-refractivity contribution in [2.45, 2.75) is 170 Å². The van der Waals surface area contributed by atoms with Crippen LogP contribution in [0, 0.1) is 0 Å². The number of nitrogens with one attached hydrogen (secondary N) is 9. The Hall–Kier alpha value is -8.83. The maximum atomic E-state index is 14.3. The molecule has 2 aromatic heterocycles. The Kier molecular flexibility index (Phi) is 25.9. The van der Waals surface area contributed by atoms with Crippen LogP contribution in [0.15, 0.2) is 30.0 Å². The number of carbonyl (C=O) groups excluding carboxylic acids is 10. The fourth-order valence-corrected chi connectivity index (χ4v) is 9.19. The molecule has 0 spiro atoms. The van der Waals surface area contributed by atoms with E-state index in [4.69, 9.17) is 28.0 Å². The number of amides is 10. The number of aliphatic carboxylic acids is 2. The highest BCUT2D eigenvalue weighted by Crippen LogP contribution is 2.22. The lowest BCUT2D eigenvalue weighted by Gasteiger charge is -2.31. The Morgan fingerprint density at radius 1 is 0.607 bits per heavy atom. The summed E-state index contributed by atoms with van der Waals surface area (Å²) >= 11 is 0. The van der Waals surface area contributed by atoms with Gasteiger partial charge in [0.05, 0.1) is 37.4 Å². The molecular weight excluding hydrogens is 1110 g/mol. The third-order valence-electron chi connectivity index (χ3n) is 13.7. The van der Waals surface area contributed by atoms with Gasteiger partial charge in [0.25, 0.3) is 0 Å². The molecule has 0 saturated carbocycles. The number of carboxylic acid groups (broad SMARTS) is 2. The first kappa shape index (κ1) is 67.7. The second kappa shape index (κ2) is 32.1. The van der Waals surface area contributed by atoms with Gasteiger partial charge < -0.3 is 105 Å². The highest BCUT2D eigenvalue weighted by molar-refractivity contribution is 6.00. The summed E-state index contributed by atoms with van der Waals surface area (Å²) in [6.45, 7) is 3.51. The van der Waals surface area contributed by atoms with E-state index in [0.717, 1.165) is 18.7 Å². The van der Waals surface area contributed by atoms with Crippen molar-refractivity contribution < 1.29 is 83.1 Å². The van der Waals surface area contributed by atoms with Crippen LogP contribution in [0.25, 0.3) is 0 Å². The highest BCUT2D eigenvalue weighted by Gasteiger charge is 2.43. The molecule has 2 fully saturated rings. The van der Waals surface area contributed by atoms with Gasteiger partial charge in [-0.05, 0) is 65.7 Å². The molecule has 2 aliphatic heterocycles. The summed E-state index contributed by atoms with van der Waals surface area (Å²) in [4.78, 5) is 180. The number of imidazole rings is 2. The quantitative estimate of drug-likeness (QED) is 0.0179. The molecule has 35 heteroatoms. The van der Waals surface area contributed by atoms with Crippen molar-refractivity contribution in [3.8, 4) is 0 Å². The van der Waals surface area contributed by atoms with Crippen LogP contribution in [0.4, 0.5) is 0 Å². The number of carbonyl (C=O) groups is 12. The van der Waals surface area contributed by atoms with E-state index in [2.05, 4.69) is 62.1 Å². The van der Waals surface area contributed by atoms with E-state index in [-0.39, 0.29) is 69.8 Å². The smallest absolute Gasteiger partial charge is 0.326 e. The Morgan fingerprint density at radius 2 is 1.07 bits per heavy atom. The monoisotopic (exact) mass is 1190 g/mol. The molecule has 2 aliphatic rings. The predicted molar refractivity (Wildman–Crippen MR) is 289 cm³/mol. The molecule has 22 N–H and O–H groups in total. The molecule has 35 nitrogen and oxygen atoms in total. The fourth-order valence-electron chi connectivity index (χ4n) is 9.19. The third-order valence-corrected chi connectivity index (χ3v) is 13.7. The number of nitrogens with zero attached hydrogens (tertiary/aromatic N) is 5. The summed E-state index contributed by atoms with van der Waals surface area (Å²) in [5, 5.41) is 67.1. The number of H-pyrrole nitrogens is 2. The normalized spacial score (nSPS) is 18.8. The number of primary amides is 1. The maximum absolute atomic E-state index is 14.3. The zero-order valence-corrected chi connectivity index (χ0v) is 46.4. The number of hydrogen-bond donors (Lipinski definition) is 18. The van der Waals surface area contributed by atoms with E-state index in [1.807, 2.05) is 0 Å². The molecule has 10 amide bonds. The molecule has 84 heavy (non-hydrogen) atoms. The van der Waals surface area contributed by atoms with Crippen LogP contribution in [0.2, 0.25) is 0 Å². The van der Waals surface area contributed by atoms with Gasteiger partial charge in [0.1, 0.15) is 60.4 Å². The van der Waals surface area contributed by atoms with E-state index in [1.54, 1.807) is 0 Å². The average molecular weight is 1190 g/mol. The van der Waals surface area contributed by atoms with Crippen LogP contribution in [-0.2, 0) is 70.4 Å². The van der Waals surface area contributed by atoms with Gasteiger partial charge in [-0.1, -0.05) is 0 Å². The number of aliphatic hydroxyl groups excluding tert-OH is 3. The molecule has 464 valence electrons. The summed E-state index contributed by atoms with van der Waals surface area (Å²) in [6, 6.07) is -15.8. The third kappa shape index (κ3) is 20.3. The first-order chi connectivity index (χ1) is 39.6. The molecule has 0 unspecified atom stereocenters. The molecule has 0 radical (unpaired) electrons. The summed E-state index contributed by atoms with van der Waals surface area (Å²) < 4.78 is 0. The Balaban J connectivity index is 1.57. The average Bonchev–Trinajstić information content (AvgIpc) is 3.96. The van der Waals surface area contributed by atoms with E-state index in [1.165, 1.54) is 36.9 Å². The van der Waals surface area contributed by atoms with Gasteiger partial charge in [-0.25, -0.2) is 14.8 Å². The number of likely N-dealkylation sites (tertiary alicyclic amines) is 2. The lowest BCUT2D eigenvalue weighted by atomic mass is 10.0. The molecule has 0 aromatic carbocycles. The van der Waals surface area contributed by atoms with Crippen molar-refractivity contribution in [3.63, 3.8) is 0 Å². The van der Waals surface area contributed by atoms with E-state index < -0.39 is 175 Å². The molecular formula is C49H76N18O17. The highest BCUT2D eigenvalue weighted by atomic mass is 16.4. The van der Waals surface area contributed by atoms with Gasteiger partial charge in [-0.3, -0.25) is 57.7 Å². The zero-order chi connectivity index (χ0) is 62.5. The lowest BCUT2D eigenvalue weighted by molar-refractivity contribution is -0.146. The molecule has 0 aliphatic carbocycles. The molecule has 2 aromatic rings. The second-order valence-electron chi connectivity index (χ2n) is 20.4. The van der Waals surface area contributed by atoms with Crippen molar-refractivity contribution in [2.75, 3.05) is 19.6 Å². The Morgan fingerprint density at radius 3 is 1.55 bits per heavy atom. The topological polar surface area (TPSA) is 570 Å². The summed E-state index contributed by atoms with van der Waals surface area (Å²) in [7, 11) is 0. The maximum Gasteiger partial charge on any atom is 0.326 e. The molecule has 0 bridgehead atoms. The minimum absolute atomic E-state index is 0.0219. The number of aliphatic hydroxyl groups is 3. The number of guanidine groups is 1. The van der Waals surface area contributed by atoms with Crippen LogP contribution in [0.1, 0.15) is 89.9 Å². The number of carboxylic acids is 2. The van der Waals surface area contributed by atoms with Gasteiger partial charge >= 0.3 is 11.9 Å². The molecule has 13 atom stereocenters. The fraction of sp³-hybridized carbons (Fsp3) is 0.612. The second-order valence-corrected chi connectivity index (χ2v) is 20.4. The SMILES string of the molecule is C[C@@H](O)[C@H](N)C(=O)N1CCC[C@H]1C(=O)N[C@@H](Cc1cnc[nH]1)C(=O)N[C@H](C(=O)N[C@@H](Cc1cnc[nH]1)C(=O)N[C@@H](CC(N)=O)C(=O)N[C@@H](CCCN=C(N)N)C(=O)N[C@H](C(=O)N1CCC[C@H]1C(=O)N[C@@H](CCC(=O)O)C(=O)O)[C@@H](C)O)[C@@H](C)O. The summed E-state index contributed by atoms with van der Waals surface area (Å²) in [6.07, 6.45) is -1.61. The number of rotatable bonds is 33. The van der Waals surface area contributed by atoms with Crippen LogP contribution in [0.3, 0.4) is 0 Å². The Bertz CT molecular complexity index is 2670. The number of aromatic amines is 2. The van der Waals surface area contributed by atoms with Gasteiger partial charge in [-0.2, -0.15) is 0 Å².